The van der Waals surface area contributed by atoms with Crippen molar-refractivity contribution in [3.05, 3.63) is 5.01 Å². The normalized spacial score (nSPS) is 18.1. The van der Waals surface area contributed by atoms with Gasteiger partial charge in [-0.2, -0.15) is 0 Å². The van der Waals surface area contributed by atoms with Crippen molar-refractivity contribution < 1.29 is 9.53 Å². The largest absolute Gasteiger partial charge is 0.468 e. The molecule has 106 valence electrons. The van der Waals surface area contributed by atoms with E-state index in [2.05, 4.69) is 15.5 Å². The predicted octanol–water partition coefficient (Wildman–Crippen LogP) is 1.87. The van der Waals surface area contributed by atoms with E-state index in [0.717, 1.165) is 28.7 Å². The van der Waals surface area contributed by atoms with Crippen molar-refractivity contribution in [1.82, 2.24) is 15.5 Å². The zero-order valence-corrected chi connectivity index (χ0v) is 13.1. The highest BCUT2D eigenvalue weighted by Crippen LogP contribution is 2.43. The first-order valence-corrected chi connectivity index (χ1v) is 8.19. The first-order valence-electron chi connectivity index (χ1n) is 6.38. The van der Waals surface area contributed by atoms with Gasteiger partial charge in [0.05, 0.1) is 7.11 Å². The van der Waals surface area contributed by atoms with Gasteiger partial charge in [-0.25, -0.2) is 0 Å². The number of ether oxygens (including phenoxy) is 1. The van der Waals surface area contributed by atoms with Crippen molar-refractivity contribution in [2.45, 2.75) is 36.6 Å². The highest BCUT2D eigenvalue weighted by molar-refractivity contribution is 8.01. The fraction of sp³-hybridized carbons (Fsp3) is 0.750. The average Bonchev–Trinajstić information content (AvgIpc) is 3.17. The SMILES string of the molecule is CCNC(CSc1nnc(C)s1)(C(=O)OC)C1CC1. The maximum absolute atomic E-state index is 12.2. The molecule has 1 N–H and O–H groups in total. The maximum Gasteiger partial charge on any atom is 0.327 e. The average molecular weight is 301 g/mol. The third kappa shape index (κ3) is 3.27. The van der Waals surface area contributed by atoms with Gasteiger partial charge in [-0.3, -0.25) is 4.79 Å². The van der Waals surface area contributed by atoms with Crippen LogP contribution in [0, 0.1) is 12.8 Å². The Hall–Kier alpha value is -0.660. The molecule has 19 heavy (non-hydrogen) atoms. The van der Waals surface area contributed by atoms with Crippen molar-refractivity contribution in [1.29, 1.82) is 0 Å². The fourth-order valence-corrected chi connectivity index (χ4v) is 4.29. The summed E-state index contributed by atoms with van der Waals surface area (Å²) in [6.07, 6.45) is 2.16. The van der Waals surface area contributed by atoms with Crippen LogP contribution in [0.5, 0.6) is 0 Å². The monoisotopic (exact) mass is 301 g/mol. The number of aromatic nitrogens is 2. The summed E-state index contributed by atoms with van der Waals surface area (Å²) in [7, 11) is 1.45. The molecule has 1 unspecified atom stereocenters. The molecule has 1 aliphatic carbocycles. The van der Waals surface area contributed by atoms with Crippen molar-refractivity contribution in [3.63, 3.8) is 0 Å². The number of hydrogen-bond acceptors (Lipinski definition) is 7. The fourth-order valence-electron chi connectivity index (χ4n) is 2.20. The van der Waals surface area contributed by atoms with Gasteiger partial charge in [-0.1, -0.05) is 30.0 Å². The smallest absolute Gasteiger partial charge is 0.327 e. The van der Waals surface area contributed by atoms with E-state index >= 15 is 0 Å². The number of aryl methyl sites for hydroxylation is 1. The van der Waals surface area contributed by atoms with Gasteiger partial charge in [0, 0.05) is 5.75 Å². The topological polar surface area (TPSA) is 64.1 Å². The molecule has 5 nitrogen and oxygen atoms in total. The van der Waals surface area contributed by atoms with Crippen molar-refractivity contribution in [3.8, 4) is 0 Å². The van der Waals surface area contributed by atoms with Crippen LogP contribution in [0.4, 0.5) is 0 Å². The van der Waals surface area contributed by atoms with Gasteiger partial charge in [-0.05, 0) is 32.2 Å². The molecule has 0 saturated heterocycles. The van der Waals surface area contributed by atoms with Crippen LogP contribution in [-0.2, 0) is 9.53 Å². The molecule has 1 atom stereocenters. The van der Waals surface area contributed by atoms with Gasteiger partial charge in [0.25, 0.3) is 0 Å². The van der Waals surface area contributed by atoms with Crippen LogP contribution in [0.15, 0.2) is 4.34 Å². The summed E-state index contributed by atoms with van der Waals surface area (Å²) < 4.78 is 5.92. The molecular weight excluding hydrogens is 282 g/mol. The summed E-state index contributed by atoms with van der Waals surface area (Å²) in [5.41, 5.74) is -0.576. The van der Waals surface area contributed by atoms with E-state index in [-0.39, 0.29) is 5.97 Å². The van der Waals surface area contributed by atoms with Gasteiger partial charge < -0.3 is 10.1 Å². The Labute approximate surface area is 121 Å². The molecule has 1 heterocycles. The van der Waals surface area contributed by atoms with Crippen molar-refractivity contribution >= 4 is 29.1 Å². The van der Waals surface area contributed by atoms with E-state index in [1.807, 2.05) is 13.8 Å². The molecule has 1 saturated carbocycles. The van der Waals surface area contributed by atoms with E-state index < -0.39 is 5.54 Å². The standard InChI is InChI=1S/C12H19N3O2S2/c1-4-13-12(9-5-6-9,10(16)17-3)7-18-11-15-14-8(2)19-11/h9,13H,4-7H2,1-3H3. The highest BCUT2D eigenvalue weighted by Gasteiger charge is 2.51. The zero-order valence-electron chi connectivity index (χ0n) is 11.4. The summed E-state index contributed by atoms with van der Waals surface area (Å²) in [6, 6.07) is 0. The minimum atomic E-state index is -0.576. The number of nitrogens with zero attached hydrogens (tertiary/aromatic N) is 2. The van der Waals surface area contributed by atoms with Crippen LogP contribution in [0.3, 0.4) is 0 Å². The minimum absolute atomic E-state index is 0.161. The second-order valence-electron chi connectivity index (χ2n) is 4.64. The molecule has 0 radical (unpaired) electrons. The quantitative estimate of drug-likeness (QED) is 0.613. The highest BCUT2D eigenvalue weighted by atomic mass is 32.2. The molecule has 1 aliphatic rings. The lowest BCUT2D eigenvalue weighted by Gasteiger charge is -2.31. The minimum Gasteiger partial charge on any atom is -0.468 e. The number of likely N-dealkylation sites (N-methyl/N-ethyl adjacent to an activating group) is 1. The van der Waals surface area contributed by atoms with Crippen LogP contribution in [0.2, 0.25) is 0 Å². The summed E-state index contributed by atoms with van der Waals surface area (Å²) in [4.78, 5) is 12.2. The third-order valence-electron chi connectivity index (χ3n) is 3.25. The lowest BCUT2D eigenvalue weighted by Crippen LogP contribution is -2.56. The van der Waals surface area contributed by atoms with Crippen molar-refractivity contribution in [2.75, 3.05) is 19.4 Å². The lowest BCUT2D eigenvalue weighted by atomic mass is 9.95. The summed E-state index contributed by atoms with van der Waals surface area (Å²) in [5, 5.41) is 12.4. The molecule has 1 fully saturated rings. The molecule has 0 spiro atoms. The molecule has 0 bridgehead atoms. The second-order valence-corrected chi connectivity index (χ2v) is 7.05. The number of carbonyl (C=O) groups is 1. The molecule has 0 amide bonds. The van der Waals surface area contributed by atoms with Gasteiger partial charge in [0.15, 0.2) is 4.34 Å². The van der Waals surface area contributed by atoms with Gasteiger partial charge in [0.1, 0.15) is 10.5 Å². The zero-order chi connectivity index (χ0) is 13.9. The van der Waals surface area contributed by atoms with Gasteiger partial charge in [0.2, 0.25) is 0 Å². The number of methoxy groups -OCH3 is 1. The van der Waals surface area contributed by atoms with E-state index in [1.54, 1.807) is 23.1 Å². The van der Waals surface area contributed by atoms with Crippen LogP contribution >= 0.6 is 23.1 Å². The molecule has 0 aliphatic heterocycles. The molecular formula is C12H19N3O2S2. The van der Waals surface area contributed by atoms with E-state index in [4.69, 9.17) is 4.74 Å². The van der Waals surface area contributed by atoms with E-state index in [9.17, 15) is 4.79 Å². The molecule has 1 aromatic heterocycles. The van der Waals surface area contributed by atoms with Crippen LogP contribution in [-0.4, -0.2) is 41.1 Å². The number of esters is 1. The second kappa shape index (κ2) is 6.19. The lowest BCUT2D eigenvalue weighted by molar-refractivity contribution is -0.148. The van der Waals surface area contributed by atoms with Crippen LogP contribution in [0.1, 0.15) is 24.8 Å². The summed E-state index contributed by atoms with van der Waals surface area (Å²) in [5.74, 6) is 0.860. The Bertz CT molecular complexity index is 448. The Kier molecular flexibility index (Phi) is 4.81. The summed E-state index contributed by atoms with van der Waals surface area (Å²) >= 11 is 3.14. The van der Waals surface area contributed by atoms with Crippen molar-refractivity contribution in [2.24, 2.45) is 5.92 Å². The third-order valence-corrected chi connectivity index (χ3v) is 5.41. The first-order chi connectivity index (χ1) is 9.12. The molecule has 0 aromatic carbocycles. The van der Waals surface area contributed by atoms with Crippen LogP contribution in [0.25, 0.3) is 0 Å². The number of nitrogens with one attached hydrogen (secondary N) is 1. The molecule has 7 heteroatoms. The number of carbonyl (C=O) groups excluding carboxylic acids is 1. The van der Waals surface area contributed by atoms with Crippen LogP contribution < -0.4 is 5.32 Å². The first kappa shape index (κ1) is 14.7. The number of rotatable bonds is 7. The number of hydrogen-bond donors (Lipinski definition) is 1. The van der Waals surface area contributed by atoms with E-state index in [1.165, 1.54) is 7.11 Å². The van der Waals surface area contributed by atoms with E-state index in [0.29, 0.717) is 11.7 Å². The molecule has 1 aromatic rings. The maximum atomic E-state index is 12.2. The Morgan fingerprint density at radius 3 is 2.79 bits per heavy atom. The Balaban J connectivity index is 2.10. The van der Waals surface area contributed by atoms with Gasteiger partial charge >= 0.3 is 5.97 Å². The van der Waals surface area contributed by atoms with Gasteiger partial charge in [-0.15, -0.1) is 10.2 Å². The summed E-state index contributed by atoms with van der Waals surface area (Å²) in [6.45, 7) is 4.70. The number of thioether (sulfide) groups is 1. The predicted molar refractivity (Wildman–Crippen MR) is 76.5 cm³/mol. The molecule has 2 rings (SSSR count). The Morgan fingerprint density at radius 1 is 1.58 bits per heavy atom. The Morgan fingerprint density at radius 2 is 2.32 bits per heavy atom.